The number of aromatic nitrogens is 6. The van der Waals surface area contributed by atoms with E-state index in [1.807, 2.05) is 25.2 Å². The minimum atomic E-state index is 0.737. The zero-order valence-electron chi connectivity index (χ0n) is 9.69. The molecule has 6 nitrogen and oxygen atoms in total. The van der Waals surface area contributed by atoms with E-state index in [9.17, 15) is 0 Å². The first kappa shape index (κ1) is 11.1. The van der Waals surface area contributed by atoms with Gasteiger partial charge in [0.25, 0.3) is 0 Å². The minimum absolute atomic E-state index is 0.737. The Morgan fingerprint density at radius 3 is 3.00 bits per heavy atom. The molecule has 0 fully saturated rings. The van der Waals surface area contributed by atoms with Crippen molar-refractivity contribution in [1.29, 1.82) is 0 Å². The SMILES string of the molecule is Cn1nnc2c(SCc3ccccn3)ncnc21. The maximum absolute atomic E-state index is 4.27. The molecule has 0 bridgehead atoms. The van der Waals surface area contributed by atoms with Gasteiger partial charge in [-0.25, -0.2) is 14.6 Å². The average molecular weight is 258 g/mol. The third-order valence-corrected chi connectivity index (χ3v) is 3.45. The van der Waals surface area contributed by atoms with Crippen LogP contribution in [0, 0.1) is 0 Å². The molecule has 0 aliphatic heterocycles. The summed E-state index contributed by atoms with van der Waals surface area (Å²) in [5, 5.41) is 8.86. The van der Waals surface area contributed by atoms with Crippen LogP contribution in [0.2, 0.25) is 0 Å². The molecule has 0 N–H and O–H groups in total. The molecule has 3 aromatic rings. The van der Waals surface area contributed by atoms with Crippen LogP contribution in [-0.4, -0.2) is 29.9 Å². The number of fused-ring (bicyclic) bond motifs is 1. The third kappa shape index (κ3) is 2.04. The van der Waals surface area contributed by atoms with E-state index in [0.29, 0.717) is 0 Å². The quantitative estimate of drug-likeness (QED) is 0.523. The van der Waals surface area contributed by atoms with Crippen LogP contribution in [-0.2, 0) is 12.8 Å². The van der Waals surface area contributed by atoms with Crippen molar-refractivity contribution in [3.63, 3.8) is 0 Å². The van der Waals surface area contributed by atoms with Crippen molar-refractivity contribution in [1.82, 2.24) is 29.9 Å². The molecule has 0 unspecified atom stereocenters. The lowest BCUT2D eigenvalue weighted by Gasteiger charge is -2.00. The van der Waals surface area contributed by atoms with Gasteiger partial charge in [0.15, 0.2) is 11.2 Å². The zero-order chi connectivity index (χ0) is 12.4. The molecule has 0 aromatic carbocycles. The zero-order valence-corrected chi connectivity index (χ0v) is 10.5. The first-order valence-corrected chi connectivity index (χ1v) is 6.36. The normalized spacial score (nSPS) is 10.9. The third-order valence-electron chi connectivity index (χ3n) is 2.44. The van der Waals surface area contributed by atoms with Crippen LogP contribution in [0.4, 0.5) is 0 Å². The van der Waals surface area contributed by atoms with Gasteiger partial charge in [0, 0.05) is 19.0 Å². The van der Waals surface area contributed by atoms with Crippen molar-refractivity contribution < 1.29 is 0 Å². The number of aryl methyl sites for hydroxylation is 1. The molecule has 3 heterocycles. The molecule has 0 radical (unpaired) electrons. The smallest absolute Gasteiger partial charge is 0.182 e. The molecule has 18 heavy (non-hydrogen) atoms. The van der Waals surface area contributed by atoms with Crippen LogP contribution in [0.1, 0.15) is 5.69 Å². The second kappa shape index (κ2) is 4.69. The van der Waals surface area contributed by atoms with Crippen molar-refractivity contribution in [2.24, 2.45) is 7.05 Å². The summed E-state index contributed by atoms with van der Waals surface area (Å²) in [6.45, 7) is 0. The van der Waals surface area contributed by atoms with Gasteiger partial charge in [-0.3, -0.25) is 4.98 Å². The Kier molecular flexibility index (Phi) is 2.89. The fraction of sp³-hybridized carbons (Fsp3) is 0.182. The van der Waals surface area contributed by atoms with E-state index in [1.54, 1.807) is 22.6 Å². The molecule has 3 rings (SSSR count). The summed E-state index contributed by atoms with van der Waals surface area (Å²) in [6.07, 6.45) is 3.32. The monoisotopic (exact) mass is 258 g/mol. The van der Waals surface area contributed by atoms with Crippen LogP contribution in [0.25, 0.3) is 11.2 Å². The van der Waals surface area contributed by atoms with Crippen LogP contribution in [0.5, 0.6) is 0 Å². The van der Waals surface area contributed by atoms with E-state index in [-0.39, 0.29) is 0 Å². The van der Waals surface area contributed by atoms with Gasteiger partial charge < -0.3 is 0 Å². The van der Waals surface area contributed by atoms with Gasteiger partial charge in [0.2, 0.25) is 0 Å². The van der Waals surface area contributed by atoms with E-state index in [0.717, 1.165) is 27.6 Å². The second-order valence-corrected chi connectivity index (χ2v) is 4.64. The van der Waals surface area contributed by atoms with Crippen LogP contribution in [0.3, 0.4) is 0 Å². The first-order chi connectivity index (χ1) is 8.84. The molecule has 0 saturated carbocycles. The molecule has 0 saturated heterocycles. The van der Waals surface area contributed by atoms with Crippen molar-refractivity contribution in [2.75, 3.05) is 0 Å². The fourth-order valence-corrected chi connectivity index (χ4v) is 2.41. The Labute approximate surface area is 107 Å². The lowest BCUT2D eigenvalue weighted by atomic mass is 10.4. The van der Waals surface area contributed by atoms with Crippen molar-refractivity contribution in [3.8, 4) is 0 Å². The number of nitrogens with zero attached hydrogens (tertiary/aromatic N) is 6. The Bertz CT molecular complexity index is 666. The number of pyridine rings is 1. The highest BCUT2D eigenvalue weighted by Gasteiger charge is 2.10. The predicted octanol–water partition coefficient (Wildman–Crippen LogP) is 1.45. The molecular weight excluding hydrogens is 248 g/mol. The van der Waals surface area contributed by atoms with Crippen LogP contribution >= 0.6 is 11.8 Å². The molecule has 0 aliphatic rings. The second-order valence-electron chi connectivity index (χ2n) is 3.67. The molecule has 0 spiro atoms. The van der Waals surface area contributed by atoms with E-state index >= 15 is 0 Å². The van der Waals surface area contributed by atoms with Crippen molar-refractivity contribution in [3.05, 3.63) is 36.4 Å². The summed E-state index contributed by atoms with van der Waals surface area (Å²) in [6, 6.07) is 5.86. The van der Waals surface area contributed by atoms with Gasteiger partial charge in [-0.15, -0.1) is 5.10 Å². The number of rotatable bonds is 3. The van der Waals surface area contributed by atoms with Gasteiger partial charge in [0.1, 0.15) is 11.4 Å². The van der Waals surface area contributed by atoms with Gasteiger partial charge in [-0.05, 0) is 12.1 Å². The Hall–Kier alpha value is -2.02. The predicted molar refractivity (Wildman–Crippen MR) is 67.9 cm³/mol. The largest absolute Gasteiger partial charge is 0.260 e. The molecule has 7 heteroatoms. The summed E-state index contributed by atoms with van der Waals surface area (Å²) >= 11 is 1.59. The lowest BCUT2D eigenvalue weighted by molar-refractivity contribution is 0.729. The highest BCUT2D eigenvalue weighted by molar-refractivity contribution is 7.98. The maximum atomic E-state index is 4.27. The Morgan fingerprint density at radius 2 is 2.17 bits per heavy atom. The van der Waals surface area contributed by atoms with Crippen molar-refractivity contribution in [2.45, 2.75) is 10.8 Å². The lowest BCUT2D eigenvalue weighted by Crippen LogP contribution is -1.93. The van der Waals surface area contributed by atoms with Gasteiger partial charge >= 0.3 is 0 Å². The van der Waals surface area contributed by atoms with E-state index in [2.05, 4.69) is 25.3 Å². The summed E-state index contributed by atoms with van der Waals surface area (Å²) < 4.78 is 1.64. The molecule has 3 aromatic heterocycles. The van der Waals surface area contributed by atoms with E-state index < -0.39 is 0 Å². The van der Waals surface area contributed by atoms with E-state index in [1.165, 1.54) is 6.33 Å². The molecular formula is C11H10N6S. The molecule has 0 aliphatic carbocycles. The molecule has 0 amide bonds. The highest BCUT2D eigenvalue weighted by Crippen LogP contribution is 2.24. The highest BCUT2D eigenvalue weighted by atomic mass is 32.2. The number of hydrogen-bond acceptors (Lipinski definition) is 6. The summed E-state index contributed by atoms with van der Waals surface area (Å²) in [5.41, 5.74) is 2.49. The van der Waals surface area contributed by atoms with Crippen LogP contribution < -0.4 is 0 Å². The number of hydrogen-bond donors (Lipinski definition) is 0. The summed E-state index contributed by atoms with van der Waals surface area (Å²) in [4.78, 5) is 12.7. The Morgan fingerprint density at radius 1 is 1.22 bits per heavy atom. The molecule has 0 atom stereocenters. The Balaban J connectivity index is 1.87. The average Bonchev–Trinajstić information content (AvgIpc) is 2.80. The number of thioether (sulfide) groups is 1. The van der Waals surface area contributed by atoms with Gasteiger partial charge in [-0.1, -0.05) is 23.0 Å². The van der Waals surface area contributed by atoms with Crippen molar-refractivity contribution >= 4 is 22.9 Å². The van der Waals surface area contributed by atoms with E-state index in [4.69, 9.17) is 0 Å². The molecule has 90 valence electrons. The topological polar surface area (TPSA) is 69.4 Å². The van der Waals surface area contributed by atoms with Crippen LogP contribution in [0.15, 0.2) is 35.7 Å². The maximum Gasteiger partial charge on any atom is 0.182 e. The first-order valence-electron chi connectivity index (χ1n) is 5.37. The summed E-state index contributed by atoms with van der Waals surface area (Å²) in [7, 11) is 1.82. The van der Waals surface area contributed by atoms with Gasteiger partial charge in [0.05, 0.1) is 5.69 Å². The minimum Gasteiger partial charge on any atom is -0.260 e. The fourth-order valence-electron chi connectivity index (χ4n) is 1.56. The standard InChI is InChI=1S/C11H10N6S/c1-17-10-9(15-16-17)11(14-7-13-10)18-6-8-4-2-3-5-12-8/h2-5,7H,6H2,1H3. The van der Waals surface area contributed by atoms with Gasteiger partial charge in [-0.2, -0.15) is 0 Å². The summed E-state index contributed by atoms with van der Waals surface area (Å²) in [5.74, 6) is 0.753.